The number of methoxy groups -OCH3 is 1. The Morgan fingerprint density at radius 3 is 2.85 bits per heavy atom. The van der Waals surface area contributed by atoms with Crippen LogP contribution in [0.2, 0.25) is 0 Å². The largest absolute Gasteiger partial charge is 0.481 e. The van der Waals surface area contributed by atoms with E-state index in [9.17, 15) is 9.18 Å². The molecule has 0 radical (unpaired) electrons. The second-order valence-corrected chi connectivity index (χ2v) is 3.85. The van der Waals surface area contributed by atoms with Gasteiger partial charge in [-0.3, -0.25) is 4.79 Å². The zero-order valence-electron chi connectivity index (χ0n) is 10.6. The molecule has 2 aromatic rings. The van der Waals surface area contributed by atoms with Gasteiger partial charge in [-0.2, -0.15) is 5.26 Å². The average molecular weight is 271 g/mol. The average Bonchev–Trinajstić information content (AvgIpc) is 2.47. The van der Waals surface area contributed by atoms with Crippen molar-refractivity contribution in [2.24, 2.45) is 0 Å². The van der Waals surface area contributed by atoms with E-state index in [0.717, 1.165) is 6.07 Å². The number of hydrogen-bond acceptors (Lipinski definition) is 4. The van der Waals surface area contributed by atoms with E-state index in [2.05, 4.69) is 10.3 Å². The molecule has 0 aliphatic heterocycles. The number of amides is 1. The van der Waals surface area contributed by atoms with Crippen LogP contribution in [-0.4, -0.2) is 18.0 Å². The molecule has 1 amide bonds. The number of ether oxygens (including phenoxy) is 1. The number of pyridine rings is 1. The normalized spacial score (nSPS) is 9.65. The van der Waals surface area contributed by atoms with Crippen LogP contribution in [0, 0.1) is 17.1 Å². The second-order valence-electron chi connectivity index (χ2n) is 3.85. The van der Waals surface area contributed by atoms with Crippen LogP contribution < -0.4 is 10.1 Å². The number of nitrogens with zero attached hydrogens (tertiary/aromatic N) is 2. The summed E-state index contributed by atoms with van der Waals surface area (Å²) in [7, 11) is 1.45. The minimum atomic E-state index is -0.748. The van der Waals surface area contributed by atoms with Gasteiger partial charge in [-0.1, -0.05) is 0 Å². The standard InChI is InChI=1S/C14H10FN3O2/c1-20-13-7-10(4-5-17-13)18-14(19)11-3-2-9(8-16)6-12(11)15/h2-7H,1H3,(H,17,18,19). The molecule has 0 saturated carbocycles. The van der Waals surface area contributed by atoms with Gasteiger partial charge in [0.05, 0.1) is 24.3 Å². The van der Waals surface area contributed by atoms with Gasteiger partial charge in [0.1, 0.15) is 5.82 Å². The topological polar surface area (TPSA) is 75.0 Å². The maximum atomic E-state index is 13.7. The van der Waals surface area contributed by atoms with Gasteiger partial charge in [-0.05, 0) is 24.3 Å². The highest BCUT2D eigenvalue weighted by atomic mass is 19.1. The fourth-order valence-electron chi connectivity index (χ4n) is 1.57. The highest BCUT2D eigenvalue weighted by molar-refractivity contribution is 6.04. The molecule has 1 N–H and O–H groups in total. The van der Waals surface area contributed by atoms with E-state index in [4.69, 9.17) is 10.00 Å². The van der Waals surface area contributed by atoms with Gasteiger partial charge in [0.2, 0.25) is 5.88 Å². The summed E-state index contributed by atoms with van der Waals surface area (Å²) in [6.45, 7) is 0. The Labute approximate surface area is 114 Å². The molecule has 1 aromatic heterocycles. The van der Waals surface area contributed by atoms with Crippen LogP contribution in [0.15, 0.2) is 36.5 Å². The van der Waals surface area contributed by atoms with Crippen LogP contribution in [0.5, 0.6) is 5.88 Å². The lowest BCUT2D eigenvalue weighted by Crippen LogP contribution is -2.14. The number of hydrogen-bond donors (Lipinski definition) is 1. The highest BCUT2D eigenvalue weighted by Crippen LogP contribution is 2.16. The second kappa shape index (κ2) is 5.80. The van der Waals surface area contributed by atoms with Crippen molar-refractivity contribution >= 4 is 11.6 Å². The van der Waals surface area contributed by atoms with Gasteiger partial charge < -0.3 is 10.1 Å². The molecule has 1 heterocycles. The lowest BCUT2D eigenvalue weighted by Gasteiger charge is -2.07. The summed E-state index contributed by atoms with van der Waals surface area (Å²) >= 11 is 0. The van der Waals surface area contributed by atoms with Crippen molar-refractivity contribution in [1.82, 2.24) is 4.98 Å². The lowest BCUT2D eigenvalue weighted by molar-refractivity contribution is 0.102. The SMILES string of the molecule is COc1cc(NC(=O)c2ccc(C#N)cc2F)ccn1. The number of halogens is 1. The first-order valence-electron chi connectivity index (χ1n) is 5.65. The first-order valence-corrected chi connectivity index (χ1v) is 5.65. The fourth-order valence-corrected chi connectivity index (χ4v) is 1.57. The fraction of sp³-hybridized carbons (Fsp3) is 0.0714. The Kier molecular flexibility index (Phi) is 3.91. The van der Waals surface area contributed by atoms with Gasteiger partial charge in [0.15, 0.2) is 0 Å². The van der Waals surface area contributed by atoms with Crippen LogP contribution in [-0.2, 0) is 0 Å². The molecular weight excluding hydrogens is 261 g/mol. The van der Waals surface area contributed by atoms with Gasteiger partial charge >= 0.3 is 0 Å². The van der Waals surface area contributed by atoms with E-state index in [1.807, 2.05) is 0 Å². The van der Waals surface area contributed by atoms with Crippen molar-refractivity contribution in [3.8, 4) is 11.9 Å². The number of carbonyl (C=O) groups excluding carboxylic acids is 1. The molecule has 0 bridgehead atoms. The van der Waals surface area contributed by atoms with Crippen molar-refractivity contribution in [1.29, 1.82) is 5.26 Å². The maximum Gasteiger partial charge on any atom is 0.258 e. The number of benzene rings is 1. The summed E-state index contributed by atoms with van der Waals surface area (Å²) in [5.41, 5.74) is 0.454. The minimum absolute atomic E-state index is 0.139. The lowest BCUT2D eigenvalue weighted by atomic mass is 10.1. The third-order valence-electron chi connectivity index (χ3n) is 2.54. The number of anilines is 1. The van der Waals surface area contributed by atoms with E-state index in [-0.39, 0.29) is 11.1 Å². The minimum Gasteiger partial charge on any atom is -0.481 e. The molecule has 6 heteroatoms. The molecule has 0 spiro atoms. The molecule has 0 fully saturated rings. The van der Waals surface area contributed by atoms with Gasteiger partial charge in [0.25, 0.3) is 5.91 Å². The van der Waals surface area contributed by atoms with E-state index in [1.165, 1.54) is 31.5 Å². The van der Waals surface area contributed by atoms with Crippen LogP contribution in [0.25, 0.3) is 0 Å². The molecule has 0 unspecified atom stereocenters. The molecule has 20 heavy (non-hydrogen) atoms. The third kappa shape index (κ3) is 2.90. The Morgan fingerprint density at radius 1 is 1.40 bits per heavy atom. The summed E-state index contributed by atoms with van der Waals surface area (Å²) in [5, 5.41) is 11.2. The summed E-state index contributed by atoms with van der Waals surface area (Å²) < 4.78 is 18.6. The third-order valence-corrected chi connectivity index (χ3v) is 2.54. The Bertz CT molecular complexity index is 695. The van der Waals surface area contributed by atoms with E-state index >= 15 is 0 Å². The number of nitrogens with one attached hydrogen (secondary N) is 1. The van der Waals surface area contributed by atoms with Gasteiger partial charge in [-0.15, -0.1) is 0 Å². The first-order chi connectivity index (χ1) is 9.63. The molecule has 5 nitrogen and oxygen atoms in total. The summed E-state index contributed by atoms with van der Waals surface area (Å²) in [6.07, 6.45) is 1.46. The zero-order valence-corrected chi connectivity index (χ0v) is 10.6. The van der Waals surface area contributed by atoms with Crippen molar-refractivity contribution in [2.45, 2.75) is 0 Å². The van der Waals surface area contributed by atoms with Crippen LogP contribution in [0.3, 0.4) is 0 Å². The molecule has 100 valence electrons. The number of aromatic nitrogens is 1. The van der Waals surface area contributed by atoms with Crippen molar-refractivity contribution in [3.05, 3.63) is 53.5 Å². The number of carbonyl (C=O) groups is 1. The quantitative estimate of drug-likeness (QED) is 0.929. The van der Waals surface area contributed by atoms with Crippen molar-refractivity contribution in [2.75, 3.05) is 12.4 Å². The Hall–Kier alpha value is -2.94. The predicted molar refractivity (Wildman–Crippen MR) is 69.9 cm³/mol. The van der Waals surface area contributed by atoms with Crippen LogP contribution >= 0.6 is 0 Å². The molecule has 1 aromatic carbocycles. The molecule has 0 aliphatic carbocycles. The molecule has 0 saturated heterocycles. The maximum absolute atomic E-state index is 13.7. The van der Waals surface area contributed by atoms with Crippen molar-refractivity contribution in [3.63, 3.8) is 0 Å². The zero-order chi connectivity index (χ0) is 14.5. The predicted octanol–water partition coefficient (Wildman–Crippen LogP) is 2.35. The highest BCUT2D eigenvalue weighted by Gasteiger charge is 2.12. The van der Waals surface area contributed by atoms with Crippen LogP contribution in [0.4, 0.5) is 10.1 Å². The van der Waals surface area contributed by atoms with E-state index in [0.29, 0.717) is 11.6 Å². The van der Waals surface area contributed by atoms with Gasteiger partial charge in [0, 0.05) is 18.0 Å². The summed E-state index contributed by atoms with van der Waals surface area (Å²) in [5.74, 6) is -1.02. The smallest absolute Gasteiger partial charge is 0.258 e. The molecular formula is C14H10FN3O2. The summed E-state index contributed by atoms with van der Waals surface area (Å²) in [4.78, 5) is 15.8. The first kappa shape index (κ1) is 13.5. The summed E-state index contributed by atoms with van der Waals surface area (Å²) in [6, 6.07) is 8.53. The van der Waals surface area contributed by atoms with E-state index in [1.54, 1.807) is 12.1 Å². The number of nitriles is 1. The Balaban J connectivity index is 2.22. The molecule has 0 atom stereocenters. The van der Waals surface area contributed by atoms with Gasteiger partial charge in [-0.25, -0.2) is 9.37 Å². The van der Waals surface area contributed by atoms with E-state index < -0.39 is 11.7 Å². The molecule has 2 rings (SSSR count). The van der Waals surface area contributed by atoms with Crippen molar-refractivity contribution < 1.29 is 13.9 Å². The molecule has 0 aliphatic rings. The monoisotopic (exact) mass is 271 g/mol. The Morgan fingerprint density at radius 2 is 2.20 bits per heavy atom. The number of rotatable bonds is 3. The van der Waals surface area contributed by atoms with Crippen LogP contribution in [0.1, 0.15) is 15.9 Å².